The van der Waals surface area contributed by atoms with E-state index in [0.29, 0.717) is 5.82 Å². The Morgan fingerprint density at radius 3 is 2.02 bits per heavy atom. The molecule has 0 saturated heterocycles. The lowest BCUT2D eigenvalue weighted by Gasteiger charge is -2.17. The van der Waals surface area contributed by atoms with Crippen LogP contribution in [0.5, 0.6) is 0 Å². The number of aryl methyl sites for hydroxylation is 1. The molecule has 4 nitrogen and oxygen atoms in total. The number of nitrogens with zero attached hydrogens (tertiary/aromatic N) is 4. The second-order valence-corrected chi connectivity index (χ2v) is 15.9. The number of para-hydroxylation sites is 1. The molecule has 4 aromatic heterocycles. The fourth-order valence-electron chi connectivity index (χ4n) is 8.50. The van der Waals surface area contributed by atoms with Crippen molar-refractivity contribution in [2.45, 2.75) is 19.8 Å². The van der Waals surface area contributed by atoms with Crippen LogP contribution in [0.4, 0.5) is 0 Å². The van der Waals surface area contributed by atoms with Gasteiger partial charge >= 0.3 is 0 Å². The smallest absolute Gasteiger partial charge is 0.160 e. The van der Waals surface area contributed by atoms with E-state index in [1.54, 1.807) is 0 Å². The quantitative estimate of drug-likeness (QED) is 0.170. The van der Waals surface area contributed by atoms with E-state index in [4.69, 9.17) is 15.0 Å². The molecule has 5 heteroatoms. The summed E-state index contributed by atoms with van der Waals surface area (Å²) in [5.74, 6) is 1.51. The molecule has 0 fully saturated rings. The molecule has 1 aliphatic rings. The van der Waals surface area contributed by atoms with Gasteiger partial charge in [0.15, 0.2) is 5.82 Å². The van der Waals surface area contributed by atoms with Gasteiger partial charge in [0, 0.05) is 54.2 Å². The predicted octanol–water partition coefficient (Wildman–Crippen LogP) is 13.8. The summed E-state index contributed by atoms with van der Waals surface area (Å²) in [6, 6.07) is 56.1. The molecule has 0 N–H and O–H groups in total. The van der Waals surface area contributed by atoms with Gasteiger partial charge in [-0.15, -0.1) is 11.3 Å². The van der Waals surface area contributed by atoms with Gasteiger partial charge in [0.25, 0.3) is 0 Å². The number of thiophene rings is 1. The third kappa shape index (κ3) is 5.70. The van der Waals surface area contributed by atoms with Crippen LogP contribution < -0.4 is 0 Å². The lowest BCUT2D eigenvalue weighted by atomic mass is 9.98. The maximum absolute atomic E-state index is 5.37. The summed E-state index contributed by atoms with van der Waals surface area (Å²) in [6.45, 7) is 2.13. The second-order valence-electron chi connectivity index (χ2n) is 14.7. The molecule has 0 atom stereocenters. The molecule has 0 radical (unpaired) electrons. The first kappa shape index (κ1) is 33.4. The third-order valence-corrected chi connectivity index (χ3v) is 12.6. The van der Waals surface area contributed by atoms with Crippen molar-refractivity contribution in [3.8, 4) is 62.0 Å². The van der Waals surface area contributed by atoms with Gasteiger partial charge in [0.1, 0.15) is 5.82 Å². The number of hydrogen-bond donors (Lipinski definition) is 0. The number of aromatic nitrogens is 4. The second kappa shape index (κ2) is 13.7. The molecule has 0 unspecified atom stereocenters. The van der Waals surface area contributed by atoms with E-state index in [1.807, 2.05) is 35.7 Å². The van der Waals surface area contributed by atoms with Crippen molar-refractivity contribution >= 4 is 49.3 Å². The molecular formula is C52H36N4S. The van der Waals surface area contributed by atoms with Crippen molar-refractivity contribution < 1.29 is 0 Å². The molecule has 11 rings (SSSR count). The monoisotopic (exact) mass is 748 g/mol. The number of hydrogen-bond acceptors (Lipinski definition) is 4. The predicted molar refractivity (Wildman–Crippen MR) is 239 cm³/mol. The highest BCUT2D eigenvalue weighted by Crippen LogP contribution is 2.41. The van der Waals surface area contributed by atoms with Gasteiger partial charge in [-0.2, -0.15) is 0 Å². The zero-order valence-corrected chi connectivity index (χ0v) is 32.2. The standard InChI is InChI=1S/C52H36N4S/c1-33-49(36-15-6-3-7-16-36)54-51(37-24-22-35(23-25-37)34-13-4-2-5-14-34)55-50(33)42-19-12-30-53-52(42)56-45-20-10-8-17-40(45)43-31-38(26-28-46(43)56)39-27-29-48-44(32-39)41-18-9-11-21-47(41)57-48/h2-10,12-20,22-32H,11,21H2,1H3. The summed E-state index contributed by atoms with van der Waals surface area (Å²) < 4.78 is 3.67. The summed E-state index contributed by atoms with van der Waals surface area (Å²) in [5, 5.41) is 3.73. The average Bonchev–Trinajstić information content (AvgIpc) is 3.82. The Balaban J connectivity index is 1.08. The Morgan fingerprint density at radius 2 is 1.19 bits per heavy atom. The normalized spacial score (nSPS) is 12.4. The SMILES string of the molecule is Cc1c(-c2ccccc2)nc(-c2ccc(-c3ccccc3)cc2)nc1-c1cccnc1-n1c2ccccc2c2cc(-c3ccc4sc5c(c4c3)C=CCC5)ccc21. The van der Waals surface area contributed by atoms with Crippen LogP contribution in [0, 0.1) is 6.92 Å². The van der Waals surface area contributed by atoms with Gasteiger partial charge in [-0.1, -0.05) is 127 Å². The first-order valence-electron chi connectivity index (χ1n) is 19.5. The number of fused-ring (bicyclic) bond motifs is 6. The largest absolute Gasteiger partial charge is 0.293 e. The Labute approximate surface area is 335 Å². The third-order valence-electron chi connectivity index (χ3n) is 11.3. The molecule has 0 spiro atoms. The Hall–Kier alpha value is -6.95. The van der Waals surface area contributed by atoms with Crippen LogP contribution in [0.25, 0.3) is 99.9 Å². The van der Waals surface area contributed by atoms with Crippen LogP contribution >= 0.6 is 11.3 Å². The highest BCUT2D eigenvalue weighted by atomic mass is 32.1. The van der Waals surface area contributed by atoms with Crippen LogP contribution in [0.15, 0.2) is 170 Å². The zero-order valence-electron chi connectivity index (χ0n) is 31.4. The van der Waals surface area contributed by atoms with Gasteiger partial charge in [-0.25, -0.2) is 15.0 Å². The van der Waals surface area contributed by atoms with E-state index in [0.717, 1.165) is 68.9 Å². The average molecular weight is 749 g/mol. The summed E-state index contributed by atoms with van der Waals surface area (Å²) >= 11 is 1.94. The van der Waals surface area contributed by atoms with E-state index < -0.39 is 0 Å². The molecule has 0 saturated carbocycles. The maximum Gasteiger partial charge on any atom is 0.160 e. The van der Waals surface area contributed by atoms with Gasteiger partial charge in [-0.3, -0.25) is 4.57 Å². The van der Waals surface area contributed by atoms with Gasteiger partial charge < -0.3 is 0 Å². The molecular weight excluding hydrogens is 713 g/mol. The number of rotatable bonds is 6. The van der Waals surface area contributed by atoms with Crippen molar-refractivity contribution in [3.63, 3.8) is 0 Å². The minimum absolute atomic E-state index is 0.676. The summed E-state index contributed by atoms with van der Waals surface area (Å²) in [4.78, 5) is 17.2. The molecule has 4 heterocycles. The molecule has 0 aliphatic heterocycles. The highest BCUT2D eigenvalue weighted by Gasteiger charge is 2.22. The van der Waals surface area contributed by atoms with Crippen molar-refractivity contribution in [3.05, 3.63) is 186 Å². The van der Waals surface area contributed by atoms with E-state index in [9.17, 15) is 0 Å². The van der Waals surface area contributed by atoms with Gasteiger partial charge in [-0.05, 0) is 90.0 Å². The van der Waals surface area contributed by atoms with E-state index in [2.05, 4.69) is 163 Å². The Morgan fingerprint density at radius 1 is 0.544 bits per heavy atom. The molecule has 1 aliphatic carbocycles. The van der Waals surface area contributed by atoms with Crippen LogP contribution in [0.1, 0.15) is 22.4 Å². The molecule has 270 valence electrons. The summed E-state index contributed by atoms with van der Waals surface area (Å²) in [5.41, 5.74) is 14.1. The Bertz CT molecular complexity index is 3170. The highest BCUT2D eigenvalue weighted by molar-refractivity contribution is 7.19. The molecule has 10 aromatic rings. The molecule has 57 heavy (non-hydrogen) atoms. The molecule has 0 amide bonds. The zero-order chi connectivity index (χ0) is 37.9. The van der Waals surface area contributed by atoms with Crippen LogP contribution in [-0.2, 0) is 6.42 Å². The van der Waals surface area contributed by atoms with Crippen LogP contribution in [0.3, 0.4) is 0 Å². The van der Waals surface area contributed by atoms with Crippen LogP contribution in [-0.4, -0.2) is 19.5 Å². The fraction of sp³-hybridized carbons (Fsp3) is 0.0577. The van der Waals surface area contributed by atoms with Crippen molar-refractivity contribution in [1.82, 2.24) is 19.5 Å². The minimum atomic E-state index is 0.676. The lowest BCUT2D eigenvalue weighted by molar-refractivity contribution is 1.02. The maximum atomic E-state index is 5.37. The number of benzene rings is 6. The van der Waals surface area contributed by atoms with Crippen molar-refractivity contribution in [2.24, 2.45) is 0 Å². The number of allylic oxidation sites excluding steroid dienone is 1. The molecule has 6 aromatic carbocycles. The summed E-state index contributed by atoms with van der Waals surface area (Å²) in [6.07, 6.45) is 8.77. The van der Waals surface area contributed by atoms with E-state index in [-0.39, 0.29) is 0 Å². The topological polar surface area (TPSA) is 43.6 Å². The fourth-order valence-corrected chi connectivity index (χ4v) is 9.69. The first-order valence-corrected chi connectivity index (χ1v) is 20.3. The van der Waals surface area contributed by atoms with E-state index >= 15 is 0 Å². The van der Waals surface area contributed by atoms with Crippen LogP contribution in [0.2, 0.25) is 0 Å². The van der Waals surface area contributed by atoms with Gasteiger partial charge in [0.05, 0.1) is 22.4 Å². The first-order chi connectivity index (χ1) is 28.2. The van der Waals surface area contributed by atoms with Gasteiger partial charge in [0.2, 0.25) is 0 Å². The van der Waals surface area contributed by atoms with Crippen molar-refractivity contribution in [2.75, 3.05) is 0 Å². The Kier molecular flexibility index (Phi) is 8.00. The minimum Gasteiger partial charge on any atom is -0.293 e. The lowest BCUT2D eigenvalue weighted by Crippen LogP contribution is -2.05. The van der Waals surface area contributed by atoms with Crippen molar-refractivity contribution in [1.29, 1.82) is 0 Å². The number of pyridine rings is 1. The van der Waals surface area contributed by atoms with E-state index in [1.165, 1.54) is 48.0 Å². The summed E-state index contributed by atoms with van der Waals surface area (Å²) in [7, 11) is 0. The molecule has 0 bridgehead atoms.